The lowest BCUT2D eigenvalue weighted by molar-refractivity contribution is -0.132. The Kier molecular flexibility index (Phi) is 4.66. The van der Waals surface area contributed by atoms with E-state index in [-0.39, 0.29) is 18.1 Å². The summed E-state index contributed by atoms with van der Waals surface area (Å²) < 4.78 is 11.2. The van der Waals surface area contributed by atoms with E-state index >= 15 is 0 Å². The molecule has 1 atom stereocenters. The topological polar surface area (TPSA) is 99.7 Å². The van der Waals surface area contributed by atoms with E-state index in [4.69, 9.17) is 8.83 Å². The van der Waals surface area contributed by atoms with E-state index in [1.807, 2.05) is 18.2 Å². The van der Waals surface area contributed by atoms with Gasteiger partial charge in [-0.15, -0.1) is 0 Å². The number of carbonyl (C=O) groups is 1. The number of hydrogen-bond donors (Lipinski definition) is 2. The average molecular weight is 418 g/mol. The van der Waals surface area contributed by atoms with Crippen molar-refractivity contribution in [3.63, 3.8) is 0 Å². The van der Waals surface area contributed by atoms with Crippen LogP contribution < -0.4 is 5.43 Å². The van der Waals surface area contributed by atoms with Gasteiger partial charge in [-0.3, -0.25) is 9.59 Å². The van der Waals surface area contributed by atoms with Crippen LogP contribution in [0.25, 0.3) is 10.9 Å². The predicted octanol–water partition coefficient (Wildman–Crippen LogP) is 3.84. The van der Waals surface area contributed by atoms with E-state index in [9.17, 15) is 14.7 Å². The van der Waals surface area contributed by atoms with Crippen LogP contribution in [0.1, 0.15) is 40.9 Å². The molecule has 0 radical (unpaired) electrons. The maximum absolute atomic E-state index is 13.3. The van der Waals surface area contributed by atoms with Gasteiger partial charge in [0.25, 0.3) is 0 Å². The number of hydrogen-bond acceptors (Lipinski definition) is 5. The lowest BCUT2D eigenvalue weighted by Crippen LogP contribution is -2.36. The normalized spacial score (nSPS) is 14.5. The van der Waals surface area contributed by atoms with Crippen molar-refractivity contribution in [1.29, 1.82) is 0 Å². The number of furan rings is 1. The molecule has 7 nitrogen and oxygen atoms in total. The van der Waals surface area contributed by atoms with Gasteiger partial charge in [-0.05, 0) is 37.1 Å². The third kappa shape index (κ3) is 3.42. The Balaban J connectivity index is 1.44. The van der Waals surface area contributed by atoms with E-state index in [0.717, 1.165) is 17.6 Å². The summed E-state index contributed by atoms with van der Waals surface area (Å²) in [6, 6.07) is 12.8. The summed E-state index contributed by atoms with van der Waals surface area (Å²) in [6.07, 6.45) is 2.28. The highest BCUT2D eigenvalue weighted by Crippen LogP contribution is 2.35. The van der Waals surface area contributed by atoms with Gasteiger partial charge >= 0.3 is 0 Å². The Morgan fingerprint density at radius 3 is 2.90 bits per heavy atom. The Morgan fingerprint density at radius 2 is 2.10 bits per heavy atom. The van der Waals surface area contributed by atoms with Gasteiger partial charge in [-0.25, -0.2) is 0 Å². The number of carbonyl (C=O) groups excluding carboxylic acids is 1. The standard InChI is InChI=1S/C24H22N2O5/c1-14-11-20(27)23(29)24(31-14)17(21-7-4-10-30-21)12-22(28)26-9-8-16-15-5-2-3-6-18(15)25-19(16)13-26/h2-7,10-11,17,25,29H,8-9,12-13H2,1H3. The molecule has 31 heavy (non-hydrogen) atoms. The summed E-state index contributed by atoms with van der Waals surface area (Å²) in [5, 5.41) is 11.5. The zero-order chi connectivity index (χ0) is 21.5. The smallest absolute Gasteiger partial charge is 0.227 e. The number of fused-ring (bicyclic) bond motifs is 3. The molecule has 0 fully saturated rings. The van der Waals surface area contributed by atoms with Crippen molar-refractivity contribution in [3.05, 3.63) is 87.5 Å². The Bertz CT molecular complexity index is 1320. The fourth-order valence-corrected chi connectivity index (χ4v) is 4.38. The van der Waals surface area contributed by atoms with Gasteiger partial charge in [-0.2, -0.15) is 0 Å². The van der Waals surface area contributed by atoms with Gasteiger partial charge in [0.2, 0.25) is 17.1 Å². The highest BCUT2D eigenvalue weighted by Gasteiger charge is 2.31. The summed E-state index contributed by atoms with van der Waals surface area (Å²) in [7, 11) is 0. The van der Waals surface area contributed by atoms with E-state index in [1.54, 1.807) is 24.0 Å². The molecule has 2 N–H and O–H groups in total. The van der Waals surface area contributed by atoms with E-state index in [0.29, 0.717) is 24.6 Å². The molecule has 4 heterocycles. The molecule has 0 bridgehead atoms. The van der Waals surface area contributed by atoms with Crippen LogP contribution in [0.4, 0.5) is 0 Å². The molecule has 3 aromatic heterocycles. The average Bonchev–Trinajstić information content (AvgIpc) is 3.42. The number of nitrogens with zero attached hydrogens (tertiary/aromatic N) is 1. The summed E-state index contributed by atoms with van der Waals surface area (Å²) in [4.78, 5) is 30.6. The first-order chi connectivity index (χ1) is 15.0. The van der Waals surface area contributed by atoms with Crippen LogP contribution in [0.5, 0.6) is 5.75 Å². The lowest BCUT2D eigenvalue weighted by Gasteiger charge is -2.28. The number of aromatic amines is 1. The fraction of sp³-hybridized carbons (Fsp3) is 0.250. The van der Waals surface area contributed by atoms with Crippen LogP contribution in [0, 0.1) is 6.92 Å². The maximum Gasteiger partial charge on any atom is 0.227 e. The third-order valence-corrected chi connectivity index (χ3v) is 5.89. The zero-order valence-electron chi connectivity index (χ0n) is 17.1. The number of aromatic nitrogens is 1. The maximum atomic E-state index is 13.3. The van der Waals surface area contributed by atoms with Crippen molar-refractivity contribution < 1.29 is 18.7 Å². The van der Waals surface area contributed by atoms with Gasteiger partial charge in [0.05, 0.1) is 18.7 Å². The molecule has 0 saturated carbocycles. The Hall–Kier alpha value is -3.74. The number of amides is 1. The van der Waals surface area contributed by atoms with Crippen LogP contribution in [-0.4, -0.2) is 27.4 Å². The summed E-state index contributed by atoms with van der Waals surface area (Å²) in [5.41, 5.74) is 2.83. The molecular weight excluding hydrogens is 396 g/mol. The van der Waals surface area contributed by atoms with Gasteiger partial charge in [0.15, 0.2) is 5.76 Å². The first-order valence-electron chi connectivity index (χ1n) is 10.2. The quantitative estimate of drug-likeness (QED) is 0.525. The molecular formula is C24H22N2O5. The molecule has 1 aliphatic heterocycles. The molecule has 1 aliphatic rings. The molecule has 1 aromatic carbocycles. The number of H-pyrrole nitrogens is 1. The van der Waals surface area contributed by atoms with E-state index in [2.05, 4.69) is 11.1 Å². The number of rotatable bonds is 4. The summed E-state index contributed by atoms with van der Waals surface area (Å²) >= 11 is 0. The highest BCUT2D eigenvalue weighted by atomic mass is 16.4. The molecule has 5 rings (SSSR count). The molecule has 158 valence electrons. The Labute approximate surface area is 177 Å². The first kappa shape index (κ1) is 19.2. The fourth-order valence-electron chi connectivity index (χ4n) is 4.38. The van der Waals surface area contributed by atoms with Crippen LogP contribution in [-0.2, 0) is 17.8 Å². The SMILES string of the molecule is Cc1cc(=O)c(O)c(C(CC(=O)N2CCc3c([nH]c4ccccc34)C2)c2ccco2)o1. The van der Waals surface area contributed by atoms with Crippen molar-refractivity contribution in [2.45, 2.75) is 32.2 Å². The minimum Gasteiger partial charge on any atom is -0.502 e. The van der Waals surface area contributed by atoms with Crippen LogP contribution in [0.3, 0.4) is 0 Å². The first-order valence-corrected chi connectivity index (χ1v) is 10.2. The van der Waals surface area contributed by atoms with Crippen molar-refractivity contribution in [1.82, 2.24) is 9.88 Å². The lowest BCUT2D eigenvalue weighted by atomic mass is 9.96. The van der Waals surface area contributed by atoms with Crippen LogP contribution in [0.15, 0.2) is 62.4 Å². The summed E-state index contributed by atoms with van der Waals surface area (Å²) in [6.45, 7) is 2.72. The van der Waals surface area contributed by atoms with Crippen molar-refractivity contribution >= 4 is 16.8 Å². The second-order valence-corrected chi connectivity index (χ2v) is 7.90. The zero-order valence-corrected chi connectivity index (χ0v) is 17.1. The Morgan fingerprint density at radius 1 is 1.26 bits per heavy atom. The minimum absolute atomic E-state index is 0.0169. The molecule has 1 amide bonds. The second kappa shape index (κ2) is 7.50. The van der Waals surface area contributed by atoms with Gasteiger partial charge in [0.1, 0.15) is 11.5 Å². The number of para-hydroxylation sites is 1. The number of nitrogens with one attached hydrogen (secondary N) is 1. The number of benzene rings is 1. The number of aromatic hydroxyl groups is 1. The molecule has 0 aliphatic carbocycles. The summed E-state index contributed by atoms with van der Waals surface area (Å²) in [5.74, 6) is -0.412. The third-order valence-electron chi connectivity index (χ3n) is 5.89. The number of aryl methyl sites for hydroxylation is 1. The van der Waals surface area contributed by atoms with E-state index < -0.39 is 17.1 Å². The van der Waals surface area contributed by atoms with Gasteiger partial charge in [0, 0.05) is 35.6 Å². The molecule has 4 aromatic rings. The van der Waals surface area contributed by atoms with Gasteiger partial charge < -0.3 is 23.8 Å². The van der Waals surface area contributed by atoms with Crippen molar-refractivity contribution in [2.24, 2.45) is 0 Å². The van der Waals surface area contributed by atoms with Crippen molar-refractivity contribution in [3.8, 4) is 5.75 Å². The second-order valence-electron chi connectivity index (χ2n) is 7.90. The molecule has 7 heteroatoms. The predicted molar refractivity (Wildman–Crippen MR) is 114 cm³/mol. The highest BCUT2D eigenvalue weighted by molar-refractivity contribution is 5.85. The van der Waals surface area contributed by atoms with Crippen LogP contribution >= 0.6 is 0 Å². The van der Waals surface area contributed by atoms with Crippen molar-refractivity contribution in [2.75, 3.05) is 6.54 Å². The van der Waals surface area contributed by atoms with Crippen LogP contribution in [0.2, 0.25) is 0 Å². The minimum atomic E-state index is -0.695. The molecule has 0 saturated heterocycles. The molecule has 0 spiro atoms. The van der Waals surface area contributed by atoms with Gasteiger partial charge in [-0.1, -0.05) is 18.2 Å². The monoisotopic (exact) mass is 418 g/mol. The largest absolute Gasteiger partial charge is 0.502 e. The molecule has 1 unspecified atom stereocenters. The van der Waals surface area contributed by atoms with E-state index in [1.165, 1.54) is 23.3 Å².